The van der Waals surface area contributed by atoms with Crippen molar-refractivity contribution in [3.63, 3.8) is 0 Å². The van der Waals surface area contributed by atoms with Gasteiger partial charge in [-0.15, -0.1) is 0 Å². The zero-order valence-electron chi connectivity index (χ0n) is 16.8. The number of pyridine rings is 1. The summed E-state index contributed by atoms with van der Waals surface area (Å²) in [6.45, 7) is 0.930. The third-order valence-electron chi connectivity index (χ3n) is 6.19. The zero-order valence-corrected chi connectivity index (χ0v) is 18.4. The van der Waals surface area contributed by atoms with Crippen LogP contribution in [0, 0.1) is 0 Å². The van der Waals surface area contributed by atoms with E-state index < -0.39 is 5.60 Å². The van der Waals surface area contributed by atoms with Crippen LogP contribution in [-0.2, 0) is 21.5 Å². The number of esters is 1. The van der Waals surface area contributed by atoms with Crippen LogP contribution in [0.5, 0.6) is 0 Å². The van der Waals surface area contributed by atoms with Crippen LogP contribution < -0.4 is 0 Å². The number of aromatic amines is 1. The number of hydrogen-bond donors (Lipinski definition) is 1. The van der Waals surface area contributed by atoms with Crippen molar-refractivity contribution in [2.45, 2.75) is 18.1 Å². The highest BCUT2D eigenvalue weighted by Gasteiger charge is 2.48. The van der Waals surface area contributed by atoms with Crippen LogP contribution in [0.4, 0.5) is 0 Å². The van der Waals surface area contributed by atoms with Gasteiger partial charge in [-0.1, -0.05) is 12.1 Å². The molecule has 154 valence electrons. The minimum absolute atomic E-state index is 0.171. The quantitative estimate of drug-likeness (QED) is 0.466. The Labute approximate surface area is 183 Å². The molecule has 1 N–H and O–H groups in total. The molecule has 0 fully saturated rings. The van der Waals surface area contributed by atoms with Crippen molar-refractivity contribution >= 4 is 32.8 Å². The average Bonchev–Trinajstić information content (AvgIpc) is 3.17. The first-order valence-electron chi connectivity index (χ1n) is 9.85. The van der Waals surface area contributed by atoms with E-state index in [9.17, 15) is 4.79 Å². The number of hydrogen-bond acceptors (Lipinski definition) is 5. The number of carbonyl (C=O) groups excluding carboxylic acids is 1. The Balaban J connectivity index is 1.49. The van der Waals surface area contributed by atoms with E-state index in [0.29, 0.717) is 5.56 Å². The lowest BCUT2D eigenvalue weighted by Gasteiger charge is -2.49. The molecule has 0 spiro atoms. The van der Waals surface area contributed by atoms with Gasteiger partial charge in [0.2, 0.25) is 0 Å². The van der Waals surface area contributed by atoms with E-state index in [-0.39, 0.29) is 18.6 Å². The number of halogens is 1. The second-order valence-electron chi connectivity index (χ2n) is 7.94. The number of ether oxygens (including phenoxy) is 2. The number of H-pyrrole nitrogens is 1. The number of likely N-dealkylation sites (N-methyl/N-ethyl adjacent to an activating group) is 1. The molecule has 0 unspecified atom stereocenters. The largest absolute Gasteiger partial charge is 0.457 e. The standard InChI is InChI=1S/C23H22BrN3O3/c1-27-12-14(13-30-22(28)16-6-17(24)11-25-9-16)8-23(29-2)18-4-3-5-19-21(18)15(10-26-19)7-20(23)27/h3-6,8-11,20,26H,7,12-13H2,1-2H3/t20-,23+/m1/s1. The summed E-state index contributed by atoms with van der Waals surface area (Å²) >= 11 is 3.34. The number of nitrogens with zero attached hydrogens (tertiary/aromatic N) is 2. The number of aromatic nitrogens is 2. The lowest BCUT2D eigenvalue weighted by molar-refractivity contribution is -0.0515. The van der Waals surface area contributed by atoms with Crippen LogP contribution in [0.3, 0.4) is 0 Å². The maximum Gasteiger partial charge on any atom is 0.340 e. The molecular weight excluding hydrogens is 446 g/mol. The lowest BCUT2D eigenvalue weighted by atomic mass is 9.73. The molecule has 6 nitrogen and oxygen atoms in total. The van der Waals surface area contributed by atoms with E-state index >= 15 is 0 Å². The number of benzene rings is 1. The van der Waals surface area contributed by atoms with Gasteiger partial charge in [-0.2, -0.15) is 0 Å². The normalized spacial score (nSPS) is 23.2. The minimum Gasteiger partial charge on any atom is -0.457 e. The Hall–Kier alpha value is -2.48. The second-order valence-corrected chi connectivity index (χ2v) is 8.86. The van der Waals surface area contributed by atoms with Gasteiger partial charge in [-0.05, 0) is 64.3 Å². The molecule has 1 aliphatic carbocycles. The van der Waals surface area contributed by atoms with Crippen molar-refractivity contribution in [3.8, 4) is 0 Å². The van der Waals surface area contributed by atoms with Crippen molar-refractivity contribution in [1.29, 1.82) is 0 Å². The first-order valence-corrected chi connectivity index (χ1v) is 10.6. The lowest BCUT2D eigenvalue weighted by Crippen LogP contribution is -2.56. The summed E-state index contributed by atoms with van der Waals surface area (Å²) < 4.78 is 12.6. The molecule has 0 saturated heterocycles. The first-order chi connectivity index (χ1) is 14.5. The molecule has 7 heteroatoms. The summed E-state index contributed by atoms with van der Waals surface area (Å²) in [6, 6.07) is 8.17. The molecule has 1 aromatic carbocycles. The molecule has 2 atom stereocenters. The number of carbonyl (C=O) groups is 1. The molecular formula is C23H22BrN3O3. The predicted octanol–water partition coefficient (Wildman–Crippen LogP) is 3.82. The zero-order chi connectivity index (χ0) is 20.9. The summed E-state index contributed by atoms with van der Waals surface area (Å²) in [7, 11) is 3.86. The van der Waals surface area contributed by atoms with Crippen molar-refractivity contribution in [3.05, 3.63) is 75.7 Å². The van der Waals surface area contributed by atoms with Gasteiger partial charge in [0.1, 0.15) is 12.2 Å². The van der Waals surface area contributed by atoms with Crippen molar-refractivity contribution < 1.29 is 14.3 Å². The highest BCUT2D eigenvalue weighted by atomic mass is 79.9. The smallest absolute Gasteiger partial charge is 0.340 e. The van der Waals surface area contributed by atoms with Crippen LogP contribution >= 0.6 is 15.9 Å². The molecule has 5 rings (SSSR count). The average molecular weight is 468 g/mol. The van der Waals surface area contributed by atoms with Gasteiger partial charge >= 0.3 is 5.97 Å². The molecule has 2 aliphatic rings. The Kier molecular flexibility index (Phi) is 4.76. The third kappa shape index (κ3) is 3.00. The Bertz CT molecular complexity index is 1170. The highest BCUT2D eigenvalue weighted by molar-refractivity contribution is 9.10. The van der Waals surface area contributed by atoms with Crippen LogP contribution in [0.15, 0.2) is 59.0 Å². The summed E-state index contributed by atoms with van der Waals surface area (Å²) in [6.07, 6.45) is 8.31. The molecule has 30 heavy (non-hydrogen) atoms. The van der Waals surface area contributed by atoms with Crippen LogP contribution in [0.2, 0.25) is 0 Å². The number of fused-ring (bicyclic) bond motifs is 2. The molecule has 0 saturated carbocycles. The maximum absolute atomic E-state index is 12.5. The van der Waals surface area contributed by atoms with E-state index in [1.807, 2.05) is 0 Å². The monoisotopic (exact) mass is 467 g/mol. The Morgan fingerprint density at radius 3 is 3.07 bits per heavy atom. The number of methoxy groups -OCH3 is 1. The molecule has 3 aromatic rings. The van der Waals surface area contributed by atoms with E-state index in [4.69, 9.17) is 9.47 Å². The van der Waals surface area contributed by atoms with Gasteiger partial charge in [0.25, 0.3) is 0 Å². The molecule has 0 radical (unpaired) electrons. The van der Waals surface area contributed by atoms with Crippen LogP contribution in [0.25, 0.3) is 10.9 Å². The van der Waals surface area contributed by atoms with Crippen molar-refractivity contribution in [1.82, 2.24) is 14.9 Å². The van der Waals surface area contributed by atoms with Gasteiger partial charge in [-0.25, -0.2) is 4.79 Å². The number of rotatable bonds is 4. The third-order valence-corrected chi connectivity index (χ3v) is 6.62. The van der Waals surface area contributed by atoms with Crippen molar-refractivity contribution in [2.75, 3.05) is 27.3 Å². The van der Waals surface area contributed by atoms with Gasteiger partial charge < -0.3 is 14.5 Å². The number of nitrogens with one attached hydrogen (secondary N) is 1. The molecule has 2 aromatic heterocycles. The second kappa shape index (κ2) is 7.34. The van der Waals surface area contributed by atoms with Crippen LogP contribution in [-0.4, -0.2) is 54.2 Å². The fourth-order valence-corrected chi connectivity index (χ4v) is 5.24. The van der Waals surface area contributed by atoms with E-state index in [1.54, 1.807) is 19.4 Å². The van der Waals surface area contributed by atoms with E-state index in [1.165, 1.54) is 17.1 Å². The van der Waals surface area contributed by atoms with Crippen LogP contribution in [0.1, 0.15) is 21.5 Å². The van der Waals surface area contributed by atoms with Crippen molar-refractivity contribution in [2.24, 2.45) is 0 Å². The van der Waals surface area contributed by atoms with E-state index in [0.717, 1.165) is 34.1 Å². The molecule has 3 heterocycles. The summed E-state index contributed by atoms with van der Waals surface area (Å²) in [4.78, 5) is 22.2. The summed E-state index contributed by atoms with van der Waals surface area (Å²) in [5, 5.41) is 1.23. The summed E-state index contributed by atoms with van der Waals surface area (Å²) in [5.41, 5.74) is 4.45. The first kappa shape index (κ1) is 19.5. The van der Waals surface area contributed by atoms with E-state index in [2.05, 4.69) is 68.3 Å². The fourth-order valence-electron chi connectivity index (χ4n) is 4.88. The van der Waals surface area contributed by atoms with Gasteiger partial charge in [0.05, 0.1) is 11.6 Å². The fraction of sp³-hybridized carbons (Fsp3) is 0.304. The Morgan fingerprint density at radius 1 is 1.40 bits per heavy atom. The van der Waals surface area contributed by atoms with Gasteiger partial charge in [0, 0.05) is 47.6 Å². The SMILES string of the molecule is CO[C@]12C=C(COC(=O)c3cncc(Br)c3)CN(C)[C@@H]1Cc1c[nH]c3cccc2c13. The summed E-state index contributed by atoms with van der Waals surface area (Å²) in [5.74, 6) is -0.389. The molecule has 0 amide bonds. The molecule has 1 aliphatic heterocycles. The molecule has 0 bridgehead atoms. The topological polar surface area (TPSA) is 67.5 Å². The van der Waals surface area contributed by atoms with Gasteiger partial charge in [0.15, 0.2) is 0 Å². The predicted molar refractivity (Wildman–Crippen MR) is 117 cm³/mol. The Morgan fingerprint density at radius 2 is 2.27 bits per heavy atom. The minimum atomic E-state index is -0.583. The highest BCUT2D eigenvalue weighted by Crippen LogP contribution is 2.46. The van der Waals surface area contributed by atoms with Gasteiger partial charge in [-0.3, -0.25) is 9.88 Å². The maximum atomic E-state index is 12.5.